The molecule has 0 spiro atoms. The molecule has 1 fully saturated rings. The van der Waals surface area contributed by atoms with E-state index < -0.39 is 24.7 Å². The van der Waals surface area contributed by atoms with Crippen LogP contribution >= 0.6 is 0 Å². The summed E-state index contributed by atoms with van der Waals surface area (Å²) in [6.45, 7) is 8.02. The normalized spacial score (nSPS) is 23.4. The minimum Gasteiger partial charge on any atom is -0.375 e. The second kappa shape index (κ2) is 6.30. The summed E-state index contributed by atoms with van der Waals surface area (Å²) in [5, 5.41) is 1.93. The van der Waals surface area contributed by atoms with E-state index in [2.05, 4.69) is 0 Å². The van der Waals surface area contributed by atoms with Crippen LogP contribution < -0.4 is 5.32 Å². The molecule has 1 aliphatic rings. The maximum absolute atomic E-state index is 12.1. The van der Waals surface area contributed by atoms with Gasteiger partial charge in [0.15, 0.2) is 0 Å². The first-order chi connectivity index (χ1) is 9.00. The van der Waals surface area contributed by atoms with Gasteiger partial charge in [-0.15, -0.1) is 0 Å². The van der Waals surface area contributed by atoms with Crippen LogP contribution in [0.25, 0.3) is 0 Å². The van der Waals surface area contributed by atoms with Crippen LogP contribution in [0, 0.1) is 5.41 Å². The van der Waals surface area contributed by atoms with Gasteiger partial charge >= 0.3 is 6.18 Å². The minimum absolute atomic E-state index is 0.0332. The SMILES string of the molecule is CC(C(=O)NCC(F)(F)F)N1CCOC(C(C)(C)C)C1. The number of halogens is 3. The number of nitrogens with one attached hydrogen (secondary N) is 1. The van der Waals surface area contributed by atoms with Crippen molar-refractivity contribution in [2.75, 3.05) is 26.2 Å². The predicted molar refractivity (Wildman–Crippen MR) is 69.3 cm³/mol. The Morgan fingerprint density at radius 1 is 1.40 bits per heavy atom. The van der Waals surface area contributed by atoms with Gasteiger partial charge in [-0.05, 0) is 12.3 Å². The first kappa shape index (κ1) is 17.2. The molecule has 0 bridgehead atoms. The molecule has 1 aliphatic heterocycles. The molecular weight excluding hydrogens is 273 g/mol. The average Bonchev–Trinajstić information content (AvgIpc) is 2.33. The molecule has 0 aromatic rings. The fourth-order valence-corrected chi connectivity index (χ4v) is 2.05. The van der Waals surface area contributed by atoms with Crippen molar-refractivity contribution in [3.63, 3.8) is 0 Å². The highest BCUT2D eigenvalue weighted by Crippen LogP contribution is 2.26. The Bertz CT molecular complexity index is 339. The number of amides is 1. The van der Waals surface area contributed by atoms with E-state index in [1.807, 2.05) is 31.0 Å². The number of hydrogen-bond donors (Lipinski definition) is 1. The zero-order valence-electron chi connectivity index (χ0n) is 12.4. The van der Waals surface area contributed by atoms with Crippen molar-refractivity contribution >= 4 is 5.91 Å². The molecule has 1 N–H and O–H groups in total. The number of nitrogens with zero attached hydrogens (tertiary/aromatic N) is 1. The monoisotopic (exact) mass is 296 g/mol. The van der Waals surface area contributed by atoms with E-state index in [-0.39, 0.29) is 11.5 Å². The van der Waals surface area contributed by atoms with Crippen LogP contribution in [0.5, 0.6) is 0 Å². The molecule has 2 unspecified atom stereocenters. The van der Waals surface area contributed by atoms with Crippen molar-refractivity contribution in [1.29, 1.82) is 0 Å². The molecule has 1 heterocycles. The summed E-state index contributed by atoms with van der Waals surface area (Å²) in [5.41, 5.74) is -0.0686. The second-order valence-electron chi connectivity index (χ2n) is 6.23. The highest BCUT2D eigenvalue weighted by molar-refractivity contribution is 5.81. The number of morpholine rings is 1. The summed E-state index contributed by atoms with van der Waals surface area (Å²) in [5.74, 6) is -0.600. The van der Waals surface area contributed by atoms with Gasteiger partial charge in [0.05, 0.1) is 18.8 Å². The Labute approximate surface area is 117 Å². The van der Waals surface area contributed by atoms with Gasteiger partial charge in [-0.25, -0.2) is 0 Å². The molecule has 0 saturated carbocycles. The molecule has 0 aromatic heterocycles. The number of rotatable bonds is 3. The van der Waals surface area contributed by atoms with E-state index in [0.29, 0.717) is 19.7 Å². The molecule has 118 valence electrons. The molecule has 20 heavy (non-hydrogen) atoms. The molecule has 1 rings (SSSR count). The van der Waals surface area contributed by atoms with Gasteiger partial charge < -0.3 is 10.1 Å². The molecule has 0 radical (unpaired) electrons. The molecule has 7 heteroatoms. The Morgan fingerprint density at radius 3 is 2.50 bits per heavy atom. The fourth-order valence-electron chi connectivity index (χ4n) is 2.05. The highest BCUT2D eigenvalue weighted by Gasteiger charge is 2.35. The van der Waals surface area contributed by atoms with Crippen LogP contribution in [0.4, 0.5) is 13.2 Å². The summed E-state index contributed by atoms with van der Waals surface area (Å²) in [7, 11) is 0. The van der Waals surface area contributed by atoms with Gasteiger partial charge in [0.2, 0.25) is 5.91 Å². The number of carbonyl (C=O) groups is 1. The quantitative estimate of drug-likeness (QED) is 0.863. The number of alkyl halides is 3. The maximum atomic E-state index is 12.1. The Balaban J connectivity index is 2.54. The third kappa shape index (κ3) is 5.28. The summed E-state index contributed by atoms with van der Waals surface area (Å²) < 4.78 is 41.9. The second-order valence-corrected chi connectivity index (χ2v) is 6.23. The predicted octanol–water partition coefficient (Wildman–Crippen LogP) is 1.80. The van der Waals surface area contributed by atoms with E-state index in [1.165, 1.54) is 0 Å². The highest BCUT2D eigenvalue weighted by atomic mass is 19.4. The Hall–Kier alpha value is -0.820. The van der Waals surface area contributed by atoms with Crippen LogP contribution in [0.3, 0.4) is 0 Å². The molecule has 0 aromatic carbocycles. The number of hydrogen-bond acceptors (Lipinski definition) is 3. The topological polar surface area (TPSA) is 41.6 Å². The van der Waals surface area contributed by atoms with Crippen molar-refractivity contribution < 1.29 is 22.7 Å². The molecule has 0 aliphatic carbocycles. The molecule has 4 nitrogen and oxygen atoms in total. The standard InChI is InChI=1S/C13H23F3N2O2/c1-9(11(19)17-8-13(14,15)16)18-5-6-20-10(7-18)12(2,3)4/h9-10H,5-8H2,1-4H3,(H,17,19). The number of carbonyl (C=O) groups excluding carboxylic acids is 1. The zero-order valence-corrected chi connectivity index (χ0v) is 12.4. The van der Waals surface area contributed by atoms with Gasteiger partial charge in [-0.1, -0.05) is 20.8 Å². The number of ether oxygens (including phenoxy) is 1. The van der Waals surface area contributed by atoms with Gasteiger partial charge in [-0.3, -0.25) is 9.69 Å². The maximum Gasteiger partial charge on any atom is 0.405 e. The lowest BCUT2D eigenvalue weighted by Crippen LogP contribution is -2.55. The smallest absolute Gasteiger partial charge is 0.375 e. The lowest BCUT2D eigenvalue weighted by atomic mass is 9.88. The fraction of sp³-hybridized carbons (Fsp3) is 0.923. The summed E-state index contributed by atoms with van der Waals surface area (Å²) in [4.78, 5) is 13.6. The molecular formula is C13H23F3N2O2. The lowest BCUT2D eigenvalue weighted by molar-refractivity contribution is -0.144. The van der Waals surface area contributed by atoms with Gasteiger partial charge in [0.25, 0.3) is 0 Å². The molecule has 1 saturated heterocycles. The Morgan fingerprint density at radius 2 is 2.00 bits per heavy atom. The van der Waals surface area contributed by atoms with Crippen LogP contribution in [-0.4, -0.2) is 55.4 Å². The van der Waals surface area contributed by atoms with E-state index in [4.69, 9.17) is 4.74 Å². The van der Waals surface area contributed by atoms with Crippen LogP contribution in [0.2, 0.25) is 0 Å². The first-order valence-corrected chi connectivity index (χ1v) is 6.71. The van der Waals surface area contributed by atoms with E-state index in [1.54, 1.807) is 6.92 Å². The van der Waals surface area contributed by atoms with Crippen molar-refractivity contribution in [1.82, 2.24) is 10.2 Å². The van der Waals surface area contributed by atoms with Crippen molar-refractivity contribution in [2.24, 2.45) is 5.41 Å². The largest absolute Gasteiger partial charge is 0.405 e. The van der Waals surface area contributed by atoms with Gasteiger partial charge in [-0.2, -0.15) is 13.2 Å². The summed E-state index contributed by atoms with van der Waals surface area (Å²) >= 11 is 0. The third-order valence-electron chi connectivity index (χ3n) is 3.45. The summed E-state index contributed by atoms with van der Waals surface area (Å²) in [6.07, 6.45) is -4.41. The van der Waals surface area contributed by atoms with Crippen molar-refractivity contribution in [3.05, 3.63) is 0 Å². The first-order valence-electron chi connectivity index (χ1n) is 6.71. The molecule has 1 amide bonds. The van der Waals surface area contributed by atoms with Crippen LogP contribution in [0.1, 0.15) is 27.7 Å². The molecule has 2 atom stereocenters. The van der Waals surface area contributed by atoms with E-state index in [0.717, 1.165) is 0 Å². The van der Waals surface area contributed by atoms with Crippen LogP contribution in [0.15, 0.2) is 0 Å². The summed E-state index contributed by atoms with van der Waals surface area (Å²) in [6, 6.07) is -0.592. The lowest BCUT2D eigenvalue weighted by Gasteiger charge is -2.41. The zero-order chi connectivity index (χ0) is 15.6. The van der Waals surface area contributed by atoms with Gasteiger partial charge in [0.1, 0.15) is 6.54 Å². The van der Waals surface area contributed by atoms with E-state index >= 15 is 0 Å². The van der Waals surface area contributed by atoms with E-state index in [9.17, 15) is 18.0 Å². The minimum atomic E-state index is -4.38. The Kier molecular flexibility index (Phi) is 5.43. The van der Waals surface area contributed by atoms with Gasteiger partial charge in [0, 0.05) is 13.1 Å². The average molecular weight is 296 g/mol. The third-order valence-corrected chi connectivity index (χ3v) is 3.45. The van der Waals surface area contributed by atoms with Crippen molar-refractivity contribution in [3.8, 4) is 0 Å². The van der Waals surface area contributed by atoms with Crippen LogP contribution in [-0.2, 0) is 9.53 Å². The van der Waals surface area contributed by atoms with Crippen molar-refractivity contribution in [2.45, 2.75) is 46.0 Å².